The van der Waals surface area contributed by atoms with Crippen molar-refractivity contribution in [3.63, 3.8) is 0 Å². The van der Waals surface area contributed by atoms with Crippen LogP contribution in [0.4, 0.5) is 0 Å². The molecule has 0 aliphatic carbocycles. The number of halogens is 2. The van der Waals surface area contributed by atoms with Crippen molar-refractivity contribution in [3.8, 4) is 5.88 Å². The maximum atomic E-state index is 12.6. The molecule has 1 amide bonds. The van der Waals surface area contributed by atoms with Gasteiger partial charge in [-0.3, -0.25) is 4.79 Å². The van der Waals surface area contributed by atoms with Crippen LogP contribution in [0.3, 0.4) is 0 Å². The van der Waals surface area contributed by atoms with Gasteiger partial charge < -0.3 is 9.64 Å². The number of nitrogens with zero attached hydrogens (tertiary/aromatic N) is 3. The molecule has 7 heteroatoms. The average Bonchev–Trinajstić information content (AvgIpc) is 3.00. The Morgan fingerprint density at radius 2 is 2.17 bits per heavy atom. The summed E-state index contributed by atoms with van der Waals surface area (Å²) in [5.74, 6) is 0.396. The van der Waals surface area contributed by atoms with Crippen molar-refractivity contribution in [1.82, 2.24) is 15.1 Å². The van der Waals surface area contributed by atoms with E-state index in [0.29, 0.717) is 29.6 Å². The fourth-order valence-corrected chi connectivity index (χ4v) is 3.02. The molecule has 1 aliphatic rings. The summed E-state index contributed by atoms with van der Waals surface area (Å²) in [6, 6.07) is 8.90. The summed E-state index contributed by atoms with van der Waals surface area (Å²) in [5.41, 5.74) is 1.33. The standard InChI is InChI=1S/C16H15BrClN3O2/c1-10-2-5-15(20-19-10)23-12-6-7-21(9-12)16(22)13-8-11(17)3-4-14(13)18/h2-5,8,12H,6-7,9H2,1H3. The molecule has 1 aromatic carbocycles. The molecule has 2 heterocycles. The molecule has 0 N–H and O–H groups in total. The Labute approximate surface area is 147 Å². The first kappa shape index (κ1) is 16.2. The van der Waals surface area contributed by atoms with Crippen LogP contribution in [0.5, 0.6) is 5.88 Å². The number of carbonyl (C=O) groups is 1. The number of hydrogen-bond donors (Lipinski definition) is 0. The van der Waals surface area contributed by atoms with E-state index in [1.165, 1.54) is 0 Å². The number of carbonyl (C=O) groups excluding carboxylic acids is 1. The Morgan fingerprint density at radius 3 is 2.91 bits per heavy atom. The Hall–Kier alpha value is -1.66. The van der Waals surface area contributed by atoms with Crippen LogP contribution in [0, 0.1) is 6.92 Å². The highest BCUT2D eigenvalue weighted by molar-refractivity contribution is 9.10. The highest BCUT2D eigenvalue weighted by Crippen LogP contribution is 2.25. The Kier molecular flexibility index (Phi) is 4.82. The molecule has 1 aliphatic heterocycles. The third-order valence-corrected chi connectivity index (χ3v) is 4.47. The third-order valence-electron chi connectivity index (χ3n) is 3.65. The smallest absolute Gasteiger partial charge is 0.255 e. The summed E-state index contributed by atoms with van der Waals surface area (Å²) in [5, 5.41) is 8.41. The van der Waals surface area contributed by atoms with Crippen molar-refractivity contribution in [1.29, 1.82) is 0 Å². The van der Waals surface area contributed by atoms with Gasteiger partial charge in [0.2, 0.25) is 5.88 Å². The summed E-state index contributed by atoms with van der Waals surface area (Å²) >= 11 is 9.50. The first-order chi connectivity index (χ1) is 11.0. The first-order valence-electron chi connectivity index (χ1n) is 7.24. The highest BCUT2D eigenvalue weighted by atomic mass is 79.9. The normalized spacial score (nSPS) is 17.3. The van der Waals surface area contributed by atoms with Crippen molar-refractivity contribution in [2.75, 3.05) is 13.1 Å². The lowest BCUT2D eigenvalue weighted by atomic mass is 10.2. The van der Waals surface area contributed by atoms with Gasteiger partial charge in [0.05, 0.1) is 22.8 Å². The lowest BCUT2D eigenvalue weighted by Crippen LogP contribution is -2.31. The summed E-state index contributed by atoms with van der Waals surface area (Å²) < 4.78 is 6.62. The van der Waals surface area contributed by atoms with E-state index in [1.807, 2.05) is 19.1 Å². The molecular formula is C16H15BrClN3O2. The van der Waals surface area contributed by atoms with Crippen LogP contribution in [-0.2, 0) is 0 Å². The second-order valence-corrected chi connectivity index (χ2v) is 6.74. The topological polar surface area (TPSA) is 55.3 Å². The summed E-state index contributed by atoms with van der Waals surface area (Å²) in [6.45, 7) is 3.01. The van der Waals surface area contributed by atoms with Gasteiger partial charge in [0.15, 0.2) is 0 Å². The Morgan fingerprint density at radius 1 is 1.35 bits per heavy atom. The van der Waals surface area contributed by atoms with E-state index in [-0.39, 0.29) is 12.0 Å². The number of amides is 1. The quantitative estimate of drug-likeness (QED) is 0.797. The number of aromatic nitrogens is 2. The predicted octanol–water partition coefficient (Wildman–Crippen LogP) is 3.49. The molecule has 1 fully saturated rings. The third kappa shape index (κ3) is 3.82. The first-order valence-corrected chi connectivity index (χ1v) is 8.41. The zero-order valence-corrected chi connectivity index (χ0v) is 14.8. The van der Waals surface area contributed by atoms with Crippen LogP contribution in [0.15, 0.2) is 34.8 Å². The number of ether oxygens (including phenoxy) is 1. The monoisotopic (exact) mass is 395 g/mol. The van der Waals surface area contributed by atoms with Crippen molar-refractivity contribution >= 4 is 33.4 Å². The number of hydrogen-bond acceptors (Lipinski definition) is 4. The zero-order chi connectivity index (χ0) is 16.4. The molecule has 2 aromatic rings. The molecule has 1 aromatic heterocycles. The summed E-state index contributed by atoms with van der Waals surface area (Å²) in [6.07, 6.45) is 0.675. The molecule has 120 valence electrons. The van der Waals surface area contributed by atoms with Gasteiger partial charge in [-0.15, -0.1) is 5.10 Å². The van der Waals surface area contributed by atoms with E-state index in [1.54, 1.807) is 23.1 Å². The lowest BCUT2D eigenvalue weighted by molar-refractivity contribution is 0.0771. The second kappa shape index (κ2) is 6.84. The Balaban J connectivity index is 1.66. The fourth-order valence-electron chi connectivity index (χ4n) is 2.46. The molecule has 1 unspecified atom stereocenters. The van der Waals surface area contributed by atoms with Gasteiger partial charge in [0.1, 0.15) is 6.10 Å². The summed E-state index contributed by atoms with van der Waals surface area (Å²) in [4.78, 5) is 14.3. The molecule has 0 saturated carbocycles. The number of benzene rings is 1. The van der Waals surface area contributed by atoms with E-state index in [4.69, 9.17) is 16.3 Å². The number of likely N-dealkylation sites (tertiary alicyclic amines) is 1. The summed E-state index contributed by atoms with van der Waals surface area (Å²) in [7, 11) is 0. The average molecular weight is 397 g/mol. The minimum absolute atomic E-state index is 0.0816. The van der Waals surface area contributed by atoms with Gasteiger partial charge in [-0.2, -0.15) is 5.10 Å². The molecule has 0 radical (unpaired) electrons. The SMILES string of the molecule is Cc1ccc(OC2CCN(C(=O)c3cc(Br)ccc3Cl)C2)nn1. The van der Waals surface area contributed by atoms with Crippen molar-refractivity contribution < 1.29 is 9.53 Å². The molecule has 5 nitrogen and oxygen atoms in total. The number of aryl methyl sites for hydroxylation is 1. The molecule has 1 atom stereocenters. The van der Waals surface area contributed by atoms with E-state index in [2.05, 4.69) is 26.1 Å². The lowest BCUT2D eigenvalue weighted by Gasteiger charge is -2.17. The maximum absolute atomic E-state index is 12.6. The Bertz CT molecular complexity index is 724. The van der Waals surface area contributed by atoms with Gasteiger partial charge >= 0.3 is 0 Å². The van der Waals surface area contributed by atoms with Crippen LogP contribution in [0.1, 0.15) is 22.5 Å². The molecule has 0 bridgehead atoms. The second-order valence-electron chi connectivity index (χ2n) is 5.42. The van der Waals surface area contributed by atoms with Crippen LogP contribution >= 0.6 is 27.5 Å². The molecular weight excluding hydrogens is 382 g/mol. The van der Waals surface area contributed by atoms with Crippen molar-refractivity contribution in [2.45, 2.75) is 19.4 Å². The largest absolute Gasteiger partial charge is 0.471 e. The molecule has 3 rings (SSSR count). The van der Waals surface area contributed by atoms with E-state index >= 15 is 0 Å². The zero-order valence-electron chi connectivity index (χ0n) is 12.5. The molecule has 0 spiro atoms. The van der Waals surface area contributed by atoms with Gasteiger partial charge in [-0.25, -0.2) is 0 Å². The number of rotatable bonds is 3. The minimum Gasteiger partial charge on any atom is -0.471 e. The van der Waals surface area contributed by atoms with Gasteiger partial charge in [0.25, 0.3) is 5.91 Å². The van der Waals surface area contributed by atoms with Crippen LogP contribution in [0.25, 0.3) is 0 Å². The van der Waals surface area contributed by atoms with Crippen LogP contribution in [-0.4, -0.2) is 40.2 Å². The molecule has 1 saturated heterocycles. The van der Waals surface area contributed by atoms with Crippen LogP contribution in [0.2, 0.25) is 5.02 Å². The van der Waals surface area contributed by atoms with Crippen molar-refractivity contribution in [3.05, 3.63) is 51.1 Å². The van der Waals surface area contributed by atoms with E-state index in [0.717, 1.165) is 16.6 Å². The van der Waals surface area contributed by atoms with E-state index < -0.39 is 0 Å². The van der Waals surface area contributed by atoms with Gasteiger partial charge in [-0.05, 0) is 31.2 Å². The van der Waals surface area contributed by atoms with E-state index in [9.17, 15) is 4.79 Å². The minimum atomic E-state index is -0.0857. The fraction of sp³-hybridized carbons (Fsp3) is 0.312. The molecule has 23 heavy (non-hydrogen) atoms. The maximum Gasteiger partial charge on any atom is 0.255 e. The van der Waals surface area contributed by atoms with Gasteiger partial charge in [0, 0.05) is 23.5 Å². The highest BCUT2D eigenvalue weighted by Gasteiger charge is 2.29. The predicted molar refractivity (Wildman–Crippen MR) is 90.9 cm³/mol. The van der Waals surface area contributed by atoms with Crippen LogP contribution < -0.4 is 4.74 Å². The van der Waals surface area contributed by atoms with Gasteiger partial charge in [-0.1, -0.05) is 27.5 Å². The van der Waals surface area contributed by atoms with Crippen molar-refractivity contribution in [2.24, 2.45) is 0 Å².